The van der Waals surface area contributed by atoms with Gasteiger partial charge in [-0.15, -0.1) is 0 Å². The quantitative estimate of drug-likeness (QED) is 0.753. The first-order chi connectivity index (χ1) is 8.61. The maximum absolute atomic E-state index is 12.1. The molecule has 3 unspecified atom stereocenters. The van der Waals surface area contributed by atoms with E-state index in [1.807, 2.05) is 14.0 Å². The van der Waals surface area contributed by atoms with Gasteiger partial charge in [-0.2, -0.15) is 0 Å². The van der Waals surface area contributed by atoms with E-state index in [4.69, 9.17) is 0 Å². The fourth-order valence-corrected chi connectivity index (χ4v) is 2.74. The number of carbonyl (C=O) groups is 1. The molecule has 1 saturated heterocycles. The van der Waals surface area contributed by atoms with Crippen LogP contribution in [0.1, 0.15) is 46.5 Å². The van der Waals surface area contributed by atoms with Crippen LogP contribution in [0.3, 0.4) is 0 Å². The lowest BCUT2D eigenvalue weighted by atomic mass is 9.94. The van der Waals surface area contributed by atoms with Crippen molar-refractivity contribution in [2.45, 2.75) is 64.6 Å². The lowest BCUT2D eigenvalue weighted by molar-refractivity contribution is -0.127. The summed E-state index contributed by atoms with van der Waals surface area (Å²) in [7, 11) is 2.00. The molecule has 0 aromatic carbocycles. The van der Waals surface area contributed by atoms with Crippen LogP contribution in [0.25, 0.3) is 0 Å². The Bertz CT molecular complexity index is 257. The summed E-state index contributed by atoms with van der Waals surface area (Å²) in [6.07, 6.45) is 4.66. The zero-order valence-electron chi connectivity index (χ0n) is 12.3. The van der Waals surface area contributed by atoms with Crippen molar-refractivity contribution in [3.05, 3.63) is 0 Å². The molecule has 1 aliphatic heterocycles. The second kappa shape index (κ2) is 7.74. The van der Waals surface area contributed by atoms with Gasteiger partial charge in [0.1, 0.15) is 0 Å². The smallest absolute Gasteiger partial charge is 0.237 e. The number of likely N-dealkylation sites (N-methyl/N-ethyl adjacent to an activating group) is 1. The van der Waals surface area contributed by atoms with E-state index in [0.717, 1.165) is 19.5 Å². The van der Waals surface area contributed by atoms with Gasteiger partial charge in [-0.25, -0.2) is 0 Å². The number of hydrogen-bond donors (Lipinski definition) is 2. The minimum atomic E-state index is -0.0161. The summed E-state index contributed by atoms with van der Waals surface area (Å²) in [4.78, 5) is 14.5. The van der Waals surface area contributed by atoms with E-state index in [9.17, 15) is 4.79 Å². The molecule has 18 heavy (non-hydrogen) atoms. The monoisotopic (exact) mass is 255 g/mol. The second-order valence-electron chi connectivity index (χ2n) is 5.35. The Hall–Kier alpha value is -0.610. The number of likely N-dealkylation sites (tertiary alicyclic amines) is 1. The summed E-state index contributed by atoms with van der Waals surface area (Å²) in [6, 6.07) is 0.899. The Morgan fingerprint density at radius 3 is 2.72 bits per heavy atom. The van der Waals surface area contributed by atoms with Gasteiger partial charge in [0.2, 0.25) is 5.91 Å². The van der Waals surface area contributed by atoms with Crippen molar-refractivity contribution in [2.24, 2.45) is 0 Å². The van der Waals surface area contributed by atoms with Crippen LogP contribution in [0.2, 0.25) is 0 Å². The number of nitrogens with one attached hydrogen (secondary N) is 2. The van der Waals surface area contributed by atoms with Crippen LogP contribution in [0.4, 0.5) is 0 Å². The van der Waals surface area contributed by atoms with Gasteiger partial charge in [-0.1, -0.05) is 13.3 Å². The molecule has 0 aromatic rings. The van der Waals surface area contributed by atoms with Crippen LogP contribution in [0.15, 0.2) is 0 Å². The molecule has 1 amide bonds. The molecule has 0 radical (unpaired) electrons. The van der Waals surface area contributed by atoms with E-state index in [0.29, 0.717) is 12.1 Å². The van der Waals surface area contributed by atoms with E-state index in [-0.39, 0.29) is 11.9 Å². The van der Waals surface area contributed by atoms with E-state index in [1.54, 1.807) is 0 Å². The predicted molar refractivity (Wildman–Crippen MR) is 75.6 cm³/mol. The average Bonchev–Trinajstić information content (AvgIpc) is 2.43. The summed E-state index contributed by atoms with van der Waals surface area (Å²) < 4.78 is 0. The topological polar surface area (TPSA) is 44.4 Å². The van der Waals surface area contributed by atoms with Crippen LogP contribution >= 0.6 is 0 Å². The molecule has 4 nitrogen and oxygen atoms in total. The molecule has 0 aromatic heterocycles. The Kier molecular flexibility index (Phi) is 6.65. The zero-order valence-corrected chi connectivity index (χ0v) is 12.3. The Morgan fingerprint density at radius 1 is 1.39 bits per heavy atom. The molecular weight excluding hydrogens is 226 g/mol. The summed E-state index contributed by atoms with van der Waals surface area (Å²) in [5.41, 5.74) is 0. The van der Waals surface area contributed by atoms with Crippen LogP contribution in [0, 0.1) is 0 Å². The van der Waals surface area contributed by atoms with Gasteiger partial charge >= 0.3 is 0 Å². The number of carbonyl (C=O) groups excluding carboxylic acids is 1. The molecule has 106 valence electrons. The summed E-state index contributed by atoms with van der Waals surface area (Å²) in [6.45, 7) is 8.14. The van der Waals surface area contributed by atoms with Crippen molar-refractivity contribution in [3.63, 3.8) is 0 Å². The van der Waals surface area contributed by atoms with E-state index in [1.165, 1.54) is 19.3 Å². The summed E-state index contributed by atoms with van der Waals surface area (Å²) >= 11 is 0. The number of rotatable bonds is 6. The first-order valence-electron chi connectivity index (χ1n) is 7.32. The highest BCUT2D eigenvalue weighted by molar-refractivity contribution is 5.81. The number of piperidine rings is 1. The maximum Gasteiger partial charge on any atom is 0.237 e. The van der Waals surface area contributed by atoms with Crippen molar-refractivity contribution in [2.75, 3.05) is 20.1 Å². The van der Waals surface area contributed by atoms with Crippen LogP contribution < -0.4 is 10.6 Å². The van der Waals surface area contributed by atoms with E-state index in [2.05, 4.69) is 29.4 Å². The molecule has 0 spiro atoms. The van der Waals surface area contributed by atoms with Gasteiger partial charge in [0.25, 0.3) is 0 Å². The highest BCUT2D eigenvalue weighted by Crippen LogP contribution is 2.22. The molecule has 1 rings (SSSR count). The Labute approximate surface area is 111 Å². The van der Waals surface area contributed by atoms with Crippen molar-refractivity contribution in [3.8, 4) is 0 Å². The first kappa shape index (κ1) is 15.4. The van der Waals surface area contributed by atoms with E-state index < -0.39 is 0 Å². The number of nitrogens with zero attached hydrogens (tertiary/aromatic N) is 1. The molecule has 0 bridgehead atoms. The van der Waals surface area contributed by atoms with Gasteiger partial charge in [0.05, 0.1) is 6.04 Å². The van der Waals surface area contributed by atoms with Gasteiger partial charge in [-0.3, -0.25) is 9.69 Å². The molecule has 3 atom stereocenters. The summed E-state index contributed by atoms with van der Waals surface area (Å²) in [5, 5.41) is 6.33. The van der Waals surface area contributed by atoms with E-state index >= 15 is 0 Å². The molecule has 1 heterocycles. The predicted octanol–water partition coefficient (Wildman–Crippen LogP) is 1.36. The highest BCUT2D eigenvalue weighted by atomic mass is 16.2. The highest BCUT2D eigenvalue weighted by Gasteiger charge is 2.32. The normalized spacial score (nSPS) is 24.6. The minimum absolute atomic E-state index is 0.0161. The van der Waals surface area contributed by atoms with Gasteiger partial charge in [0, 0.05) is 18.6 Å². The Balaban J connectivity index is 2.61. The standard InChI is InChI=1S/C14H29N3O/c1-5-9-16-14(18)12(3)17-10-7-6-8-13(17)11(2)15-4/h11-13,15H,5-10H2,1-4H3,(H,16,18). The van der Waals surface area contributed by atoms with Crippen molar-refractivity contribution < 1.29 is 4.79 Å². The Morgan fingerprint density at radius 2 is 2.11 bits per heavy atom. The average molecular weight is 255 g/mol. The molecule has 1 aliphatic rings. The molecule has 0 aliphatic carbocycles. The van der Waals surface area contributed by atoms with Crippen molar-refractivity contribution >= 4 is 5.91 Å². The third kappa shape index (κ3) is 3.95. The van der Waals surface area contributed by atoms with Gasteiger partial charge in [-0.05, 0) is 46.7 Å². The molecule has 4 heteroatoms. The fraction of sp³-hybridized carbons (Fsp3) is 0.929. The van der Waals surface area contributed by atoms with Crippen molar-refractivity contribution in [1.29, 1.82) is 0 Å². The maximum atomic E-state index is 12.1. The van der Waals surface area contributed by atoms with Gasteiger partial charge < -0.3 is 10.6 Å². The van der Waals surface area contributed by atoms with Crippen molar-refractivity contribution in [1.82, 2.24) is 15.5 Å². The largest absolute Gasteiger partial charge is 0.355 e. The third-order valence-electron chi connectivity index (χ3n) is 4.05. The molecule has 0 saturated carbocycles. The third-order valence-corrected chi connectivity index (χ3v) is 4.05. The minimum Gasteiger partial charge on any atom is -0.355 e. The SMILES string of the molecule is CCCNC(=O)C(C)N1CCCCC1C(C)NC. The lowest BCUT2D eigenvalue weighted by Crippen LogP contribution is -2.57. The number of hydrogen-bond acceptors (Lipinski definition) is 3. The zero-order chi connectivity index (χ0) is 13.5. The molecule has 2 N–H and O–H groups in total. The number of amides is 1. The first-order valence-corrected chi connectivity index (χ1v) is 7.32. The lowest BCUT2D eigenvalue weighted by Gasteiger charge is -2.42. The second-order valence-corrected chi connectivity index (χ2v) is 5.35. The fourth-order valence-electron chi connectivity index (χ4n) is 2.74. The van der Waals surface area contributed by atoms with Gasteiger partial charge in [0.15, 0.2) is 0 Å². The summed E-state index contributed by atoms with van der Waals surface area (Å²) in [5.74, 6) is 0.173. The van der Waals surface area contributed by atoms with Crippen LogP contribution in [-0.4, -0.2) is 49.1 Å². The van der Waals surface area contributed by atoms with Crippen LogP contribution in [0.5, 0.6) is 0 Å². The molecular formula is C14H29N3O. The van der Waals surface area contributed by atoms with Crippen LogP contribution in [-0.2, 0) is 4.79 Å². The molecule has 1 fully saturated rings.